The van der Waals surface area contributed by atoms with Crippen molar-refractivity contribution < 1.29 is 0 Å². The van der Waals surface area contributed by atoms with Gasteiger partial charge in [-0.2, -0.15) is 0 Å². The van der Waals surface area contributed by atoms with E-state index in [0.29, 0.717) is 0 Å². The highest BCUT2D eigenvalue weighted by Crippen LogP contribution is 2.23. The van der Waals surface area contributed by atoms with Gasteiger partial charge in [0.25, 0.3) is 0 Å². The minimum Gasteiger partial charge on any atom is -0.314 e. The summed E-state index contributed by atoms with van der Waals surface area (Å²) in [5.41, 5.74) is 1.21. The van der Waals surface area contributed by atoms with Crippen molar-refractivity contribution in [3.63, 3.8) is 0 Å². The van der Waals surface area contributed by atoms with E-state index in [2.05, 4.69) is 35.0 Å². The monoisotopic (exact) mass is 290 g/mol. The summed E-state index contributed by atoms with van der Waals surface area (Å²) in [4.78, 5) is 2.45. The minimum absolute atomic E-state index is 0.174. The lowest BCUT2D eigenvalue weighted by molar-refractivity contribution is 0.209. The van der Waals surface area contributed by atoms with Gasteiger partial charge < -0.3 is 5.32 Å². The van der Waals surface area contributed by atoms with Gasteiger partial charge in [0, 0.05) is 37.6 Å². The van der Waals surface area contributed by atoms with Gasteiger partial charge in [0.1, 0.15) is 0 Å². The molecule has 0 aliphatic carbocycles. The normalized spacial score (nSPS) is 17.3. The summed E-state index contributed by atoms with van der Waals surface area (Å²) in [6, 6.07) is 8.29. The van der Waals surface area contributed by atoms with E-state index in [0.717, 1.165) is 37.6 Å². The van der Waals surface area contributed by atoms with Crippen molar-refractivity contribution in [2.75, 3.05) is 26.2 Å². The first-order valence-corrected chi connectivity index (χ1v) is 7.87. The maximum Gasteiger partial charge on any atom is 0.0972 e. The average molecular weight is 291 g/mol. The lowest BCUT2D eigenvalue weighted by Crippen LogP contribution is -2.44. The van der Waals surface area contributed by atoms with E-state index >= 15 is 0 Å². The summed E-state index contributed by atoms with van der Waals surface area (Å²) in [6.45, 7) is 6.35. The van der Waals surface area contributed by atoms with Crippen LogP contribution in [-0.4, -0.2) is 31.1 Å². The Balaban J connectivity index is 2.15. The Kier molecular flexibility index (Phi) is 6.39. The maximum absolute atomic E-state index is 6.13. The Morgan fingerprint density at radius 3 is 2.85 bits per heavy atom. The van der Waals surface area contributed by atoms with E-state index in [1.807, 2.05) is 18.2 Å². The SMILES string of the molecule is CCCCC#CC(c1cccc(Cl)c1)N1CCNCC1. The number of nitrogens with zero attached hydrogens (tertiary/aromatic N) is 1. The van der Waals surface area contributed by atoms with Gasteiger partial charge in [-0.3, -0.25) is 4.90 Å². The second-order valence-electron chi connectivity index (χ2n) is 5.17. The van der Waals surface area contributed by atoms with E-state index in [-0.39, 0.29) is 6.04 Å². The summed E-state index contributed by atoms with van der Waals surface area (Å²) in [7, 11) is 0. The highest BCUT2D eigenvalue weighted by Gasteiger charge is 2.20. The lowest BCUT2D eigenvalue weighted by atomic mass is 10.0. The van der Waals surface area contributed by atoms with Gasteiger partial charge in [0.2, 0.25) is 0 Å². The molecule has 0 saturated carbocycles. The zero-order valence-corrected chi connectivity index (χ0v) is 12.9. The summed E-state index contributed by atoms with van der Waals surface area (Å²) in [6.07, 6.45) is 3.36. The molecule has 1 heterocycles. The summed E-state index contributed by atoms with van der Waals surface area (Å²) in [5.74, 6) is 6.80. The van der Waals surface area contributed by atoms with Crippen molar-refractivity contribution in [1.82, 2.24) is 10.2 Å². The Hall–Kier alpha value is -1.01. The standard InChI is InChI=1S/C17H23ClN2/c1-2-3-4-5-9-17(20-12-10-19-11-13-20)15-7-6-8-16(18)14-15/h6-8,14,17,19H,2-4,10-13H2,1H3. The molecular weight excluding hydrogens is 268 g/mol. The third-order valence-electron chi connectivity index (χ3n) is 3.58. The fourth-order valence-electron chi connectivity index (χ4n) is 2.44. The first-order chi connectivity index (χ1) is 9.81. The second kappa shape index (κ2) is 8.32. The number of benzene rings is 1. The highest BCUT2D eigenvalue weighted by atomic mass is 35.5. The van der Waals surface area contributed by atoms with E-state index < -0.39 is 0 Å². The maximum atomic E-state index is 6.13. The number of rotatable bonds is 4. The lowest BCUT2D eigenvalue weighted by Gasteiger charge is -2.32. The molecule has 0 bridgehead atoms. The molecular formula is C17H23ClN2. The van der Waals surface area contributed by atoms with E-state index in [4.69, 9.17) is 11.6 Å². The molecule has 0 radical (unpaired) electrons. The second-order valence-corrected chi connectivity index (χ2v) is 5.60. The van der Waals surface area contributed by atoms with Gasteiger partial charge in [0.05, 0.1) is 6.04 Å². The molecule has 1 N–H and O–H groups in total. The molecule has 0 aromatic heterocycles. The van der Waals surface area contributed by atoms with E-state index in [1.54, 1.807) is 0 Å². The smallest absolute Gasteiger partial charge is 0.0972 e. The summed E-state index contributed by atoms with van der Waals surface area (Å²) < 4.78 is 0. The molecule has 1 aromatic carbocycles. The third-order valence-corrected chi connectivity index (χ3v) is 3.81. The third kappa shape index (κ3) is 4.52. The van der Waals surface area contributed by atoms with Crippen LogP contribution in [0.2, 0.25) is 5.02 Å². The van der Waals surface area contributed by atoms with Crippen LogP contribution >= 0.6 is 11.6 Å². The van der Waals surface area contributed by atoms with Crippen LogP contribution in [0.4, 0.5) is 0 Å². The fraction of sp³-hybridized carbons (Fsp3) is 0.529. The number of unbranched alkanes of at least 4 members (excludes halogenated alkanes) is 2. The van der Waals surface area contributed by atoms with Crippen LogP contribution in [0.1, 0.15) is 37.8 Å². The molecule has 108 valence electrons. The zero-order chi connectivity index (χ0) is 14.2. The molecule has 1 aromatic rings. The molecule has 1 atom stereocenters. The topological polar surface area (TPSA) is 15.3 Å². The first kappa shape index (κ1) is 15.4. The number of hydrogen-bond acceptors (Lipinski definition) is 2. The largest absolute Gasteiger partial charge is 0.314 e. The zero-order valence-electron chi connectivity index (χ0n) is 12.2. The van der Waals surface area contributed by atoms with E-state index in [9.17, 15) is 0 Å². The van der Waals surface area contributed by atoms with Crippen LogP contribution in [0.25, 0.3) is 0 Å². The van der Waals surface area contributed by atoms with Crippen molar-refractivity contribution in [2.24, 2.45) is 0 Å². The van der Waals surface area contributed by atoms with Gasteiger partial charge in [0.15, 0.2) is 0 Å². The predicted molar refractivity (Wildman–Crippen MR) is 85.9 cm³/mol. The van der Waals surface area contributed by atoms with Gasteiger partial charge in [-0.05, 0) is 24.1 Å². The van der Waals surface area contributed by atoms with Crippen LogP contribution < -0.4 is 5.32 Å². The molecule has 1 aliphatic heterocycles. The number of halogens is 1. The number of hydrogen-bond donors (Lipinski definition) is 1. The van der Waals surface area contributed by atoms with Crippen LogP contribution in [0.5, 0.6) is 0 Å². The van der Waals surface area contributed by atoms with Gasteiger partial charge in [-0.25, -0.2) is 0 Å². The Labute approximate surface area is 127 Å². The van der Waals surface area contributed by atoms with Crippen molar-refractivity contribution in [3.8, 4) is 11.8 Å². The number of nitrogens with one attached hydrogen (secondary N) is 1. The van der Waals surface area contributed by atoms with E-state index in [1.165, 1.54) is 18.4 Å². The Bertz CT molecular complexity index is 469. The van der Waals surface area contributed by atoms with Crippen molar-refractivity contribution in [1.29, 1.82) is 0 Å². The van der Waals surface area contributed by atoms with Crippen LogP contribution in [0, 0.1) is 11.8 Å². The highest BCUT2D eigenvalue weighted by molar-refractivity contribution is 6.30. The van der Waals surface area contributed by atoms with Crippen molar-refractivity contribution >= 4 is 11.6 Å². The molecule has 3 heteroatoms. The molecule has 1 unspecified atom stereocenters. The van der Waals surface area contributed by atoms with Crippen LogP contribution in [0.15, 0.2) is 24.3 Å². The Morgan fingerprint density at radius 1 is 1.35 bits per heavy atom. The average Bonchev–Trinajstić information content (AvgIpc) is 2.48. The summed E-state index contributed by atoms with van der Waals surface area (Å²) >= 11 is 6.13. The fourth-order valence-corrected chi connectivity index (χ4v) is 2.64. The minimum atomic E-state index is 0.174. The van der Waals surface area contributed by atoms with Crippen LogP contribution in [-0.2, 0) is 0 Å². The molecule has 0 spiro atoms. The van der Waals surface area contributed by atoms with Gasteiger partial charge in [-0.15, -0.1) is 5.92 Å². The molecule has 2 rings (SSSR count). The molecule has 1 aliphatic rings. The molecule has 20 heavy (non-hydrogen) atoms. The molecule has 1 fully saturated rings. The van der Waals surface area contributed by atoms with Gasteiger partial charge in [-0.1, -0.05) is 43.0 Å². The molecule has 2 nitrogen and oxygen atoms in total. The van der Waals surface area contributed by atoms with Crippen LogP contribution in [0.3, 0.4) is 0 Å². The molecule has 0 amide bonds. The molecule has 1 saturated heterocycles. The van der Waals surface area contributed by atoms with Crippen molar-refractivity contribution in [2.45, 2.75) is 32.2 Å². The first-order valence-electron chi connectivity index (χ1n) is 7.50. The predicted octanol–water partition coefficient (Wildman–Crippen LogP) is 3.48. The van der Waals surface area contributed by atoms with Gasteiger partial charge >= 0.3 is 0 Å². The number of piperazine rings is 1. The Morgan fingerprint density at radius 2 is 2.15 bits per heavy atom. The summed E-state index contributed by atoms with van der Waals surface area (Å²) in [5, 5.41) is 4.18. The van der Waals surface area contributed by atoms with Crippen molar-refractivity contribution in [3.05, 3.63) is 34.9 Å². The quantitative estimate of drug-likeness (QED) is 0.675.